The molecule has 1 unspecified atom stereocenters. The molecule has 6 nitrogen and oxygen atoms in total. The van der Waals surface area contributed by atoms with Gasteiger partial charge >= 0.3 is 0 Å². The molecule has 0 saturated carbocycles. The monoisotopic (exact) mass is 316 g/mol. The Balaban J connectivity index is 3.07. The number of anilines is 1. The largest absolute Gasteiger partial charge is 0.495 e. The van der Waals surface area contributed by atoms with Crippen LogP contribution in [0.3, 0.4) is 0 Å². The van der Waals surface area contributed by atoms with Gasteiger partial charge in [-0.25, -0.2) is 13.1 Å². The molecule has 1 atom stereocenters. The van der Waals surface area contributed by atoms with Gasteiger partial charge in [0.05, 0.1) is 17.7 Å². The van der Waals surface area contributed by atoms with Gasteiger partial charge in [-0.15, -0.1) is 0 Å². The van der Waals surface area contributed by atoms with Crippen molar-refractivity contribution < 1.29 is 18.3 Å². The summed E-state index contributed by atoms with van der Waals surface area (Å²) in [7, 11) is -2.24. The predicted molar refractivity (Wildman–Crippen MR) is 82.7 cm³/mol. The van der Waals surface area contributed by atoms with Gasteiger partial charge in [0.15, 0.2) is 0 Å². The maximum atomic E-state index is 12.4. The highest BCUT2D eigenvalue weighted by Gasteiger charge is 2.29. The fourth-order valence-electron chi connectivity index (χ4n) is 1.93. The highest BCUT2D eigenvalue weighted by Crippen LogP contribution is 2.27. The Labute approximate surface area is 126 Å². The van der Waals surface area contributed by atoms with Gasteiger partial charge in [0.1, 0.15) is 5.75 Å². The molecule has 120 valence electrons. The van der Waals surface area contributed by atoms with Gasteiger partial charge in [-0.2, -0.15) is 0 Å². The number of nitrogens with one attached hydrogen (secondary N) is 1. The van der Waals surface area contributed by atoms with Gasteiger partial charge in [0, 0.05) is 12.6 Å². The summed E-state index contributed by atoms with van der Waals surface area (Å²) in [5, 5.41) is 9.11. The van der Waals surface area contributed by atoms with Gasteiger partial charge in [-0.1, -0.05) is 20.8 Å². The zero-order valence-corrected chi connectivity index (χ0v) is 13.7. The number of rotatable bonds is 6. The Hall–Kier alpha value is -1.31. The molecular weight excluding hydrogens is 292 g/mol. The maximum Gasteiger partial charge on any atom is 0.240 e. The van der Waals surface area contributed by atoms with Crippen LogP contribution in [0.1, 0.15) is 27.2 Å². The zero-order chi connectivity index (χ0) is 16.3. The normalized spacial score (nSPS) is 14.0. The maximum absolute atomic E-state index is 12.4. The SMILES string of the molecule is COc1ccc(S(=O)(=O)NC(CCO)C(C)(C)C)cc1N. The molecule has 0 aliphatic rings. The van der Waals surface area contributed by atoms with E-state index in [-0.39, 0.29) is 28.6 Å². The molecule has 0 radical (unpaired) electrons. The molecular formula is C14H24N2O4S. The van der Waals surface area contributed by atoms with Gasteiger partial charge in [-0.3, -0.25) is 0 Å². The number of aliphatic hydroxyl groups excluding tert-OH is 1. The number of hydrogen-bond acceptors (Lipinski definition) is 5. The number of ether oxygens (including phenoxy) is 1. The average molecular weight is 316 g/mol. The van der Waals surface area contributed by atoms with Crippen molar-refractivity contribution in [2.75, 3.05) is 19.5 Å². The summed E-state index contributed by atoms with van der Waals surface area (Å²) < 4.78 is 32.5. The van der Waals surface area contributed by atoms with Crippen molar-refractivity contribution in [2.45, 2.75) is 38.1 Å². The zero-order valence-electron chi connectivity index (χ0n) is 12.9. The minimum Gasteiger partial charge on any atom is -0.495 e. The summed E-state index contributed by atoms with van der Waals surface area (Å²) in [6.07, 6.45) is 0.342. The number of nitrogens with two attached hydrogens (primary N) is 1. The van der Waals surface area contributed by atoms with Crippen molar-refractivity contribution in [3.05, 3.63) is 18.2 Å². The summed E-state index contributed by atoms with van der Waals surface area (Å²) in [6, 6.07) is 3.94. The van der Waals surface area contributed by atoms with Crippen molar-refractivity contribution in [2.24, 2.45) is 5.41 Å². The predicted octanol–water partition coefficient (Wildman–Crippen LogP) is 1.35. The number of sulfonamides is 1. The van der Waals surface area contributed by atoms with Crippen LogP contribution in [0.25, 0.3) is 0 Å². The van der Waals surface area contributed by atoms with Gasteiger partial charge in [0.25, 0.3) is 0 Å². The van der Waals surface area contributed by atoms with Crippen LogP contribution in [0.5, 0.6) is 5.75 Å². The molecule has 1 rings (SSSR count). The van der Waals surface area contributed by atoms with Crippen LogP contribution in [0.2, 0.25) is 0 Å². The van der Waals surface area contributed by atoms with Crippen LogP contribution < -0.4 is 15.2 Å². The van der Waals surface area contributed by atoms with Crippen LogP contribution in [0, 0.1) is 5.41 Å². The van der Waals surface area contributed by atoms with Gasteiger partial charge < -0.3 is 15.6 Å². The molecule has 4 N–H and O–H groups in total. The third kappa shape index (κ3) is 4.59. The van der Waals surface area contributed by atoms with E-state index < -0.39 is 10.0 Å². The van der Waals surface area contributed by atoms with E-state index in [1.54, 1.807) is 0 Å². The fourth-order valence-corrected chi connectivity index (χ4v) is 3.44. The Kier molecular flexibility index (Phi) is 5.61. The van der Waals surface area contributed by atoms with Crippen molar-refractivity contribution in [1.29, 1.82) is 0 Å². The molecule has 0 saturated heterocycles. The van der Waals surface area contributed by atoms with E-state index in [0.717, 1.165) is 0 Å². The van der Waals surface area contributed by atoms with Crippen LogP contribution in [-0.4, -0.2) is 33.3 Å². The standard InChI is InChI=1S/C14H24N2O4S/c1-14(2,3)13(7-8-17)16-21(18,19)10-5-6-12(20-4)11(15)9-10/h5-6,9,13,16-17H,7-8,15H2,1-4H3. The first kappa shape index (κ1) is 17.7. The lowest BCUT2D eigenvalue weighted by Gasteiger charge is -2.30. The van der Waals surface area contributed by atoms with E-state index in [9.17, 15) is 8.42 Å². The lowest BCUT2D eigenvalue weighted by molar-refractivity contribution is 0.214. The third-order valence-electron chi connectivity index (χ3n) is 3.27. The topological polar surface area (TPSA) is 102 Å². The molecule has 0 aliphatic carbocycles. The van der Waals surface area contributed by atoms with E-state index in [1.165, 1.54) is 25.3 Å². The smallest absolute Gasteiger partial charge is 0.240 e. The second kappa shape index (κ2) is 6.64. The van der Waals surface area contributed by atoms with Crippen molar-refractivity contribution in [3.8, 4) is 5.75 Å². The summed E-state index contributed by atoms with van der Waals surface area (Å²) in [6.45, 7) is 5.66. The van der Waals surface area contributed by atoms with E-state index in [4.69, 9.17) is 15.6 Å². The van der Waals surface area contributed by atoms with Crippen molar-refractivity contribution in [1.82, 2.24) is 4.72 Å². The van der Waals surface area contributed by atoms with Crippen LogP contribution in [0.4, 0.5) is 5.69 Å². The molecule has 0 aliphatic heterocycles. The highest BCUT2D eigenvalue weighted by atomic mass is 32.2. The Morgan fingerprint density at radius 1 is 1.38 bits per heavy atom. The van der Waals surface area contributed by atoms with Crippen LogP contribution >= 0.6 is 0 Å². The number of methoxy groups -OCH3 is 1. The summed E-state index contributed by atoms with van der Waals surface area (Å²) in [5.41, 5.74) is 5.69. The van der Waals surface area contributed by atoms with E-state index >= 15 is 0 Å². The molecule has 0 spiro atoms. The fraction of sp³-hybridized carbons (Fsp3) is 0.571. The Morgan fingerprint density at radius 3 is 2.43 bits per heavy atom. The first-order chi connectivity index (χ1) is 9.61. The molecule has 0 heterocycles. The molecule has 1 aromatic carbocycles. The number of benzene rings is 1. The highest BCUT2D eigenvalue weighted by molar-refractivity contribution is 7.89. The second-order valence-corrected chi connectivity index (χ2v) is 7.67. The van der Waals surface area contributed by atoms with Gasteiger partial charge in [-0.05, 0) is 30.0 Å². The third-order valence-corrected chi connectivity index (χ3v) is 4.74. The first-order valence-electron chi connectivity index (χ1n) is 6.68. The van der Waals surface area contributed by atoms with E-state index in [2.05, 4.69) is 4.72 Å². The molecule has 1 aromatic rings. The number of aliphatic hydroxyl groups is 1. The second-order valence-electron chi connectivity index (χ2n) is 5.96. The van der Waals surface area contributed by atoms with Gasteiger partial charge in [0.2, 0.25) is 10.0 Å². The molecule has 0 amide bonds. The molecule has 21 heavy (non-hydrogen) atoms. The summed E-state index contributed by atoms with van der Waals surface area (Å²) >= 11 is 0. The Bertz CT molecular complexity index is 579. The molecule has 0 fully saturated rings. The summed E-state index contributed by atoms with van der Waals surface area (Å²) in [5.74, 6) is 0.427. The van der Waals surface area contributed by atoms with Crippen molar-refractivity contribution in [3.63, 3.8) is 0 Å². The first-order valence-corrected chi connectivity index (χ1v) is 8.17. The number of hydrogen-bond donors (Lipinski definition) is 3. The lowest BCUT2D eigenvalue weighted by atomic mass is 9.86. The average Bonchev–Trinajstić information content (AvgIpc) is 2.36. The molecule has 0 bridgehead atoms. The minimum absolute atomic E-state index is 0.0768. The minimum atomic E-state index is -3.71. The molecule has 0 aromatic heterocycles. The van der Waals surface area contributed by atoms with E-state index in [0.29, 0.717) is 12.2 Å². The Morgan fingerprint density at radius 2 is 2.00 bits per heavy atom. The van der Waals surface area contributed by atoms with E-state index in [1.807, 2.05) is 20.8 Å². The quantitative estimate of drug-likeness (QED) is 0.688. The van der Waals surface area contributed by atoms with Crippen LogP contribution in [-0.2, 0) is 10.0 Å². The lowest BCUT2D eigenvalue weighted by Crippen LogP contribution is -2.44. The van der Waals surface area contributed by atoms with Crippen molar-refractivity contribution >= 4 is 15.7 Å². The van der Waals surface area contributed by atoms with Crippen LogP contribution in [0.15, 0.2) is 23.1 Å². The number of nitrogen functional groups attached to an aromatic ring is 1. The summed E-state index contributed by atoms with van der Waals surface area (Å²) in [4.78, 5) is 0.0768. The molecule has 7 heteroatoms.